The van der Waals surface area contributed by atoms with Gasteiger partial charge in [0.1, 0.15) is 12.5 Å². The molecule has 0 atom stereocenters. The van der Waals surface area contributed by atoms with E-state index >= 15 is 0 Å². The molecule has 11 heteroatoms. The number of carbonyl (C=O) groups excluding carboxylic acids is 1. The van der Waals surface area contributed by atoms with E-state index in [9.17, 15) is 22.4 Å². The monoisotopic (exact) mass is 544 g/mol. The van der Waals surface area contributed by atoms with Crippen LogP contribution in [0.15, 0.2) is 30.7 Å². The normalized spacial score (nSPS) is 20.3. The molecule has 1 aliphatic carbocycles. The van der Waals surface area contributed by atoms with Gasteiger partial charge in [0.05, 0.1) is 29.5 Å². The largest absolute Gasteiger partial charge is 0.395 e. The molecule has 3 aromatic rings. The average Bonchev–Trinajstić information content (AvgIpc) is 3.60. The lowest BCUT2D eigenvalue weighted by Crippen LogP contribution is -2.43. The van der Waals surface area contributed by atoms with Gasteiger partial charge in [0.15, 0.2) is 0 Å². The van der Waals surface area contributed by atoms with Crippen LogP contribution in [0.1, 0.15) is 37.1 Å². The summed E-state index contributed by atoms with van der Waals surface area (Å²) in [5.41, 5.74) is 1.85. The number of rotatable bonds is 8. The Kier molecular flexibility index (Phi) is 6.91. The molecule has 2 aliphatic heterocycles. The van der Waals surface area contributed by atoms with Gasteiger partial charge in [0, 0.05) is 67.6 Å². The average molecular weight is 545 g/mol. The van der Waals surface area contributed by atoms with Gasteiger partial charge in [-0.1, -0.05) is 0 Å². The molecule has 0 amide bonds. The van der Waals surface area contributed by atoms with Crippen LogP contribution in [-0.2, 0) is 24.3 Å². The highest BCUT2D eigenvalue weighted by atomic mass is 19.4. The molecule has 3 aromatic heterocycles. The molecule has 1 saturated carbocycles. The van der Waals surface area contributed by atoms with Gasteiger partial charge in [-0.2, -0.15) is 18.3 Å². The molecule has 0 bridgehead atoms. The zero-order valence-electron chi connectivity index (χ0n) is 21.8. The second kappa shape index (κ2) is 10.2. The molecule has 0 radical (unpaired) electrons. The Labute approximate surface area is 224 Å². The van der Waals surface area contributed by atoms with Crippen molar-refractivity contribution in [3.8, 4) is 11.3 Å². The number of Topliss-reactive ketones (excluding diaryl/α,β-unsaturated/α-hetero) is 1. The third-order valence-electron chi connectivity index (χ3n) is 8.67. The Balaban J connectivity index is 1.11. The zero-order chi connectivity index (χ0) is 27.2. The second-order valence-electron chi connectivity index (χ2n) is 11.3. The molecule has 6 rings (SSSR count). The summed E-state index contributed by atoms with van der Waals surface area (Å²) in [6.07, 6.45) is 2.93. The minimum absolute atomic E-state index is 0.0501. The number of hydrogen-bond donors (Lipinski definition) is 0. The van der Waals surface area contributed by atoms with E-state index in [-0.39, 0.29) is 44.2 Å². The summed E-state index contributed by atoms with van der Waals surface area (Å²) in [6, 6.07) is 3.89. The Morgan fingerprint density at radius 1 is 0.974 bits per heavy atom. The van der Waals surface area contributed by atoms with Crippen molar-refractivity contribution in [3.63, 3.8) is 0 Å². The molecule has 208 valence electrons. The first-order valence-electron chi connectivity index (χ1n) is 13.6. The lowest BCUT2D eigenvalue weighted by atomic mass is 9.89. The molecule has 39 heavy (non-hydrogen) atoms. The highest BCUT2D eigenvalue weighted by Crippen LogP contribution is 2.58. The number of piperidine rings is 1. The number of alkyl halides is 4. The van der Waals surface area contributed by atoms with Crippen LogP contribution in [0.5, 0.6) is 0 Å². The molecule has 3 aliphatic rings. The van der Waals surface area contributed by atoms with E-state index in [1.807, 2.05) is 21.7 Å². The van der Waals surface area contributed by atoms with Crippen LogP contribution in [0.2, 0.25) is 0 Å². The summed E-state index contributed by atoms with van der Waals surface area (Å²) in [7, 11) is 0. The number of fused-ring (bicyclic) bond motifs is 2. The summed E-state index contributed by atoms with van der Waals surface area (Å²) < 4.78 is 54.8. The number of nitrogens with zero attached hydrogens (tertiary/aromatic N) is 6. The maximum Gasteiger partial charge on any atom is 0.395 e. The van der Waals surface area contributed by atoms with Crippen molar-refractivity contribution in [2.75, 3.05) is 39.4 Å². The maximum absolute atomic E-state index is 13.3. The SMILES string of the molecule is O=C(Cc1cc2cc(-c3cnn4c3CN(CCF)CC4)ncc2cn1)C1CCN(CC2(C(F)(F)F)CC2)CC1. The second-order valence-corrected chi connectivity index (χ2v) is 11.3. The minimum atomic E-state index is -4.15. The highest BCUT2D eigenvalue weighted by molar-refractivity contribution is 5.87. The van der Waals surface area contributed by atoms with Gasteiger partial charge in [0.25, 0.3) is 0 Å². The van der Waals surface area contributed by atoms with Crippen molar-refractivity contribution in [2.24, 2.45) is 11.3 Å². The highest BCUT2D eigenvalue weighted by Gasteiger charge is 2.63. The van der Waals surface area contributed by atoms with Crippen molar-refractivity contribution >= 4 is 16.6 Å². The van der Waals surface area contributed by atoms with Gasteiger partial charge in [-0.3, -0.25) is 24.3 Å². The topological polar surface area (TPSA) is 67.2 Å². The van der Waals surface area contributed by atoms with Crippen LogP contribution in [0.4, 0.5) is 17.6 Å². The Bertz CT molecular complexity index is 1360. The summed E-state index contributed by atoms with van der Waals surface area (Å²) in [4.78, 5) is 26.1. The van der Waals surface area contributed by atoms with E-state index in [1.54, 1.807) is 18.6 Å². The Hall–Kier alpha value is -2.92. The first kappa shape index (κ1) is 26.3. The van der Waals surface area contributed by atoms with E-state index in [0.29, 0.717) is 51.3 Å². The zero-order valence-corrected chi connectivity index (χ0v) is 21.8. The third kappa shape index (κ3) is 5.30. The molecule has 1 saturated heterocycles. The Morgan fingerprint density at radius 3 is 2.46 bits per heavy atom. The molecule has 2 fully saturated rings. The van der Waals surface area contributed by atoms with Crippen LogP contribution < -0.4 is 0 Å². The summed E-state index contributed by atoms with van der Waals surface area (Å²) in [5.74, 6) is -0.0645. The van der Waals surface area contributed by atoms with Gasteiger partial charge in [-0.15, -0.1) is 0 Å². The van der Waals surface area contributed by atoms with E-state index < -0.39 is 11.6 Å². The number of carbonyl (C=O) groups is 1. The van der Waals surface area contributed by atoms with Crippen LogP contribution in [0.3, 0.4) is 0 Å². The quantitative estimate of drug-likeness (QED) is 0.391. The van der Waals surface area contributed by atoms with Crippen LogP contribution in [-0.4, -0.2) is 80.9 Å². The predicted molar refractivity (Wildman–Crippen MR) is 138 cm³/mol. The first-order valence-corrected chi connectivity index (χ1v) is 13.6. The number of pyridine rings is 2. The number of aromatic nitrogens is 4. The van der Waals surface area contributed by atoms with Crippen LogP contribution in [0.25, 0.3) is 22.0 Å². The molecule has 0 unspecified atom stereocenters. The fourth-order valence-electron chi connectivity index (χ4n) is 6.00. The van der Waals surface area contributed by atoms with E-state index in [4.69, 9.17) is 0 Å². The van der Waals surface area contributed by atoms with E-state index in [0.717, 1.165) is 34.3 Å². The van der Waals surface area contributed by atoms with Gasteiger partial charge in [0.2, 0.25) is 0 Å². The van der Waals surface area contributed by atoms with Gasteiger partial charge in [-0.05, 0) is 56.3 Å². The number of likely N-dealkylation sites (tertiary alicyclic amines) is 1. The minimum Gasteiger partial charge on any atom is -0.302 e. The molecule has 0 N–H and O–H groups in total. The summed E-state index contributed by atoms with van der Waals surface area (Å²) >= 11 is 0. The third-order valence-corrected chi connectivity index (χ3v) is 8.67. The molecule has 0 aromatic carbocycles. The smallest absolute Gasteiger partial charge is 0.302 e. The summed E-state index contributed by atoms with van der Waals surface area (Å²) in [5, 5.41) is 6.28. The molecule has 7 nitrogen and oxygen atoms in total. The van der Waals surface area contributed by atoms with Gasteiger partial charge < -0.3 is 4.90 Å². The van der Waals surface area contributed by atoms with Crippen molar-refractivity contribution in [1.82, 2.24) is 29.5 Å². The first-order chi connectivity index (χ1) is 18.7. The van der Waals surface area contributed by atoms with E-state index in [1.165, 1.54) is 0 Å². The Morgan fingerprint density at radius 2 is 1.74 bits per heavy atom. The van der Waals surface area contributed by atoms with E-state index in [2.05, 4.69) is 20.0 Å². The molecular formula is C28H32F4N6O. The molecule has 5 heterocycles. The lowest BCUT2D eigenvalue weighted by molar-refractivity contribution is -0.192. The van der Waals surface area contributed by atoms with Crippen LogP contribution >= 0.6 is 0 Å². The number of hydrogen-bond acceptors (Lipinski definition) is 6. The lowest BCUT2D eigenvalue weighted by Gasteiger charge is -2.34. The maximum atomic E-state index is 13.3. The molecule has 0 spiro atoms. The molecular weight excluding hydrogens is 512 g/mol. The van der Waals surface area contributed by atoms with Gasteiger partial charge in [-0.25, -0.2) is 4.39 Å². The fraction of sp³-hybridized carbons (Fsp3) is 0.571. The van der Waals surface area contributed by atoms with Gasteiger partial charge >= 0.3 is 6.18 Å². The van der Waals surface area contributed by atoms with Crippen molar-refractivity contribution in [1.29, 1.82) is 0 Å². The van der Waals surface area contributed by atoms with Crippen molar-refractivity contribution in [3.05, 3.63) is 42.1 Å². The van der Waals surface area contributed by atoms with Crippen LogP contribution in [0, 0.1) is 11.3 Å². The predicted octanol–water partition coefficient (Wildman–Crippen LogP) is 4.44. The standard InChI is InChI=1S/C28H32F4N6O/c29-5-8-36-9-10-38-25(17-36)23(16-35-38)24-12-20-11-22(33-14-21(20)15-34-24)13-26(39)19-1-6-37(7-2-19)18-27(3-4-27)28(30,31)32/h11-12,14-16,19H,1-10,13,17-18H2. The number of halogens is 4. The van der Waals surface area contributed by atoms with Crippen molar-refractivity contribution in [2.45, 2.75) is 51.4 Å². The number of ketones is 1. The van der Waals surface area contributed by atoms with Crippen molar-refractivity contribution < 1.29 is 22.4 Å². The fourth-order valence-corrected chi connectivity index (χ4v) is 6.00. The summed E-state index contributed by atoms with van der Waals surface area (Å²) in [6.45, 7) is 3.19.